The number of hydrogen-bond donors (Lipinski definition) is 1. The Kier molecular flexibility index (Phi) is 4.16. The first-order chi connectivity index (χ1) is 9.33. The molecule has 1 N–H and O–H groups in total. The lowest BCUT2D eigenvalue weighted by atomic mass is 10.0. The van der Waals surface area contributed by atoms with Gasteiger partial charge in [0, 0.05) is 38.3 Å². The second-order valence-corrected chi connectivity index (χ2v) is 5.99. The number of nitrogens with one attached hydrogen (secondary N) is 1. The maximum Gasteiger partial charge on any atom is 0.0345 e. The Balaban J connectivity index is 1.55. The molecule has 1 unspecified atom stereocenters. The maximum absolute atomic E-state index is 3.38. The van der Waals surface area contributed by atoms with Gasteiger partial charge in [0.25, 0.3) is 0 Å². The van der Waals surface area contributed by atoms with Crippen LogP contribution < -0.4 is 5.32 Å². The summed E-state index contributed by atoms with van der Waals surface area (Å²) < 4.78 is 0. The molecule has 0 saturated carbocycles. The highest BCUT2D eigenvalue weighted by Gasteiger charge is 2.30. The van der Waals surface area contributed by atoms with Gasteiger partial charge in [0.2, 0.25) is 0 Å². The van der Waals surface area contributed by atoms with Crippen molar-refractivity contribution in [3.8, 4) is 0 Å². The summed E-state index contributed by atoms with van der Waals surface area (Å²) in [4.78, 5) is 5.22. The first-order valence-electron chi connectivity index (χ1n) is 7.52. The molecule has 3 rings (SSSR count). The van der Waals surface area contributed by atoms with Gasteiger partial charge >= 0.3 is 0 Å². The maximum atomic E-state index is 3.38. The van der Waals surface area contributed by atoms with Gasteiger partial charge in [0.15, 0.2) is 0 Å². The van der Waals surface area contributed by atoms with Gasteiger partial charge in [0.05, 0.1) is 0 Å². The van der Waals surface area contributed by atoms with Crippen LogP contribution in [-0.4, -0.2) is 55.1 Å². The lowest BCUT2D eigenvalue weighted by Gasteiger charge is -2.44. The summed E-state index contributed by atoms with van der Waals surface area (Å²) in [5.41, 5.74) is 1.44. The third-order valence-corrected chi connectivity index (χ3v) is 4.64. The van der Waals surface area contributed by atoms with Crippen LogP contribution in [0.2, 0.25) is 0 Å². The molecule has 0 bridgehead atoms. The van der Waals surface area contributed by atoms with Crippen molar-refractivity contribution in [2.24, 2.45) is 0 Å². The quantitative estimate of drug-likeness (QED) is 0.885. The molecule has 0 aliphatic carbocycles. The van der Waals surface area contributed by atoms with E-state index in [0.29, 0.717) is 0 Å². The minimum Gasteiger partial charge on any atom is -0.314 e. The Morgan fingerprint density at radius 3 is 2.68 bits per heavy atom. The zero-order valence-corrected chi connectivity index (χ0v) is 11.9. The number of piperidine rings is 1. The topological polar surface area (TPSA) is 18.5 Å². The van der Waals surface area contributed by atoms with Gasteiger partial charge in [0.1, 0.15) is 0 Å². The van der Waals surface area contributed by atoms with Gasteiger partial charge in [-0.05, 0) is 32.0 Å². The number of nitrogens with zero attached hydrogens (tertiary/aromatic N) is 2. The van der Waals surface area contributed by atoms with E-state index in [1.165, 1.54) is 44.6 Å². The van der Waals surface area contributed by atoms with Crippen LogP contribution in [0, 0.1) is 0 Å². The number of likely N-dealkylation sites (N-methyl/N-ethyl adjacent to an activating group) is 1. The highest BCUT2D eigenvalue weighted by molar-refractivity contribution is 5.14. The second-order valence-electron chi connectivity index (χ2n) is 5.99. The summed E-state index contributed by atoms with van der Waals surface area (Å²) in [6.07, 6.45) is 2.69. The van der Waals surface area contributed by atoms with E-state index in [2.05, 4.69) is 52.5 Å². The fourth-order valence-electron chi connectivity index (χ4n) is 3.21. The molecule has 2 saturated heterocycles. The van der Waals surface area contributed by atoms with Crippen molar-refractivity contribution < 1.29 is 0 Å². The standard InChI is InChI=1S/C16H25N3/c1-18(16-10-17-11-16)15-8-5-9-19(13-15)12-14-6-3-2-4-7-14/h2-4,6-7,15-17H,5,8-13H2,1H3. The molecule has 0 aromatic heterocycles. The van der Waals surface area contributed by atoms with Crippen LogP contribution in [0.5, 0.6) is 0 Å². The van der Waals surface area contributed by atoms with Crippen molar-refractivity contribution in [2.45, 2.75) is 31.5 Å². The number of likely N-dealkylation sites (tertiary alicyclic amines) is 1. The second kappa shape index (κ2) is 6.04. The van der Waals surface area contributed by atoms with E-state index in [4.69, 9.17) is 0 Å². The van der Waals surface area contributed by atoms with Crippen LogP contribution in [0.3, 0.4) is 0 Å². The van der Waals surface area contributed by atoms with E-state index < -0.39 is 0 Å². The van der Waals surface area contributed by atoms with Crippen molar-refractivity contribution >= 4 is 0 Å². The molecular formula is C16H25N3. The molecule has 2 fully saturated rings. The first kappa shape index (κ1) is 13.1. The third kappa shape index (κ3) is 3.16. The number of benzene rings is 1. The van der Waals surface area contributed by atoms with Crippen LogP contribution in [0.15, 0.2) is 30.3 Å². The normalized spacial score (nSPS) is 25.5. The smallest absolute Gasteiger partial charge is 0.0345 e. The van der Waals surface area contributed by atoms with Gasteiger partial charge in [-0.1, -0.05) is 30.3 Å². The van der Waals surface area contributed by atoms with Crippen molar-refractivity contribution in [3.63, 3.8) is 0 Å². The Hall–Kier alpha value is -0.900. The lowest BCUT2D eigenvalue weighted by Crippen LogP contribution is -2.60. The van der Waals surface area contributed by atoms with Crippen LogP contribution >= 0.6 is 0 Å². The van der Waals surface area contributed by atoms with Gasteiger partial charge in [-0.3, -0.25) is 9.80 Å². The molecule has 19 heavy (non-hydrogen) atoms. The van der Waals surface area contributed by atoms with E-state index >= 15 is 0 Å². The monoisotopic (exact) mass is 259 g/mol. The zero-order valence-electron chi connectivity index (χ0n) is 11.9. The van der Waals surface area contributed by atoms with Gasteiger partial charge in [-0.25, -0.2) is 0 Å². The summed E-state index contributed by atoms with van der Waals surface area (Å²) in [7, 11) is 2.31. The number of rotatable bonds is 4. The summed E-state index contributed by atoms with van der Waals surface area (Å²) in [5, 5.41) is 3.38. The largest absolute Gasteiger partial charge is 0.314 e. The molecule has 1 aromatic rings. The van der Waals surface area contributed by atoms with E-state index in [0.717, 1.165) is 18.6 Å². The Morgan fingerprint density at radius 1 is 1.21 bits per heavy atom. The summed E-state index contributed by atoms with van der Waals surface area (Å²) in [6, 6.07) is 12.4. The van der Waals surface area contributed by atoms with E-state index in [-0.39, 0.29) is 0 Å². The molecular weight excluding hydrogens is 234 g/mol. The highest BCUT2D eigenvalue weighted by Crippen LogP contribution is 2.19. The molecule has 0 spiro atoms. The van der Waals surface area contributed by atoms with Gasteiger partial charge in [-0.15, -0.1) is 0 Å². The van der Waals surface area contributed by atoms with E-state index in [1.54, 1.807) is 0 Å². The fraction of sp³-hybridized carbons (Fsp3) is 0.625. The van der Waals surface area contributed by atoms with Crippen molar-refractivity contribution in [1.82, 2.24) is 15.1 Å². The molecule has 2 heterocycles. The zero-order chi connectivity index (χ0) is 13.1. The fourth-order valence-corrected chi connectivity index (χ4v) is 3.21. The van der Waals surface area contributed by atoms with Gasteiger partial charge in [-0.2, -0.15) is 0 Å². The van der Waals surface area contributed by atoms with Crippen LogP contribution in [0.25, 0.3) is 0 Å². The van der Waals surface area contributed by atoms with E-state index in [9.17, 15) is 0 Å². The van der Waals surface area contributed by atoms with Crippen molar-refractivity contribution in [2.75, 3.05) is 33.2 Å². The summed E-state index contributed by atoms with van der Waals surface area (Å²) in [5.74, 6) is 0. The Bertz CT molecular complexity index is 388. The molecule has 1 aromatic carbocycles. The van der Waals surface area contributed by atoms with Crippen molar-refractivity contribution in [1.29, 1.82) is 0 Å². The van der Waals surface area contributed by atoms with Crippen LogP contribution in [-0.2, 0) is 6.54 Å². The predicted octanol–water partition coefficient (Wildman–Crippen LogP) is 1.55. The molecule has 2 aliphatic heterocycles. The molecule has 0 amide bonds. The minimum absolute atomic E-state index is 0.740. The van der Waals surface area contributed by atoms with Crippen molar-refractivity contribution in [3.05, 3.63) is 35.9 Å². The predicted molar refractivity (Wildman–Crippen MR) is 79.2 cm³/mol. The lowest BCUT2D eigenvalue weighted by molar-refractivity contribution is 0.0628. The molecule has 3 nitrogen and oxygen atoms in total. The van der Waals surface area contributed by atoms with E-state index in [1.807, 2.05) is 0 Å². The number of hydrogen-bond acceptors (Lipinski definition) is 3. The average molecular weight is 259 g/mol. The Labute approximate surface area is 116 Å². The van der Waals surface area contributed by atoms with Crippen LogP contribution in [0.4, 0.5) is 0 Å². The summed E-state index contributed by atoms with van der Waals surface area (Å²) >= 11 is 0. The highest BCUT2D eigenvalue weighted by atomic mass is 15.3. The molecule has 2 aliphatic rings. The summed E-state index contributed by atoms with van der Waals surface area (Å²) in [6.45, 7) is 5.93. The van der Waals surface area contributed by atoms with Gasteiger partial charge < -0.3 is 5.32 Å². The molecule has 0 radical (unpaired) electrons. The first-order valence-corrected chi connectivity index (χ1v) is 7.52. The third-order valence-electron chi connectivity index (χ3n) is 4.64. The molecule has 104 valence electrons. The molecule has 1 atom stereocenters. The SMILES string of the molecule is CN(C1CNC1)C1CCCN(Cc2ccccc2)C1. The van der Waals surface area contributed by atoms with Crippen LogP contribution in [0.1, 0.15) is 18.4 Å². The Morgan fingerprint density at radius 2 is 2.00 bits per heavy atom. The minimum atomic E-state index is 0.740. The molecule has 3 heteroatoms. The average Bonchev–Trinajstić information content (AvgIpc) is 2.38.